The van der Waals surface area contributed by atoms with Crippen LogP contribution < -0.4 is 5.73 Å². The van der Waals surface area contributed by atoms with E-state index in [2.05, 4.69) is 32.0 Å². The molecule has 0 atom stereocenters. The minimum absolute atomic E-state index is 0.400. The summed E-state index contributed by atoms with van der Waals surface area (Å²) in [6.45, 7) is 5.03. The molecule has 1 aromatic rings. The second kappa shape index (κ2) is 5.65. The monoisotopic (exact) mass is 233 g/mol. The summed E-state index contributed by atoms with van der Waals surface area (Å²) in [7, 11) is 0. The molecule has 1 aromatic carbocycles. The number of hydrogen-bond acceptors (Lipinski definition) is 2. The summed E-state index contributed by atoms with van der Waals surface area (Å²) in [6.07, 6.45) is 4.86. The lowest BCUT2D eigenvalue weighted by Gasteiger charge is -2.26. The molecule has 0 aromatic heterocycles. The van der Waals surface area contributed by atoms with Crippen LogP contribution in [-0.4, -0.2) is 12.1 Å². The van der Waals surface area contributed by atoms with Crippen molar-refractivity contribution in [3.05, 3.63) is 34.9 Å². The first kappa shape index (κ1) is 12.6. The Bertz CT molecular complexity index is 367. The molecule has 1 aliphatic rings. The summed E-state index contributed by atoms with van der Waals surface area (Å²) < 4.78 is 5.96. The Kier molecular flexibility index (Phi) is 4.19. The van der Waals surface area contributed by atoms with E-state index in [1.807, 2.05) is 0 Å². The second-order valence-electron chi connectivity index (χ2n) is 5.27. The maximum Gasteiger partial charge on any atom is 0.0720 e. The molecule has 17 heavy (non-hydrogen) atoms. The fraction of sp³-hybridized carbons (Fsp3) is 0.600. The molecule has 1 aliphatic carbocycles. The van der Waals surface area contributed by atoms with E-state index in [1.54, 1.807) is 0 Å². The fourth-order valence-corrected chi connectivity index (χ4v) is 2.36. The lowest BCUT2D eigenvalue weighted by Crippen LogP contribution is -2.30. The molecule has 0 spiro atoms. The smallest absolute Gasteiger partial charge is 0.0720 e. The van der Waals surface area contributed by atoms with Crippen molar-refractivity contribution in [3.63, 3.8) is 0 Å². The summed E-state index contributed by atoms with van der Waals surface area (Å²) in [4.78, 5) is 0. The lowest BCUT2D eigenvalue weighted by atomic mass is 9.94. The Balaban J connectivity index is 1.83. The van der Waals surface area contributed by atoms with Crippen LogP contribution in [0.4, 0.5) is 0 Å². The first-order valence-corrected chi connectivity index (χ1v) is 6.58. The highest BCUT2D eigenvalue weighted by Crippen LogP contribution is 2.21. The summed E-state index contributed by atoms with van der Waals surface area (Å²) in [5, 5.41) is 0. The Hall–Kier alpha value is -0.860. The number of benzene rings is 1. The van der Waals surface area contributed by atoms with Gasteiger partial charge in [0.05, 0.1) is 12.7 Å². The van der Waals surface area contributed by atoms with E-state index < -0.39 is 0 Å². The minimum atomic E-state index is 0.400. The van der Waals surface area contributed by atoms with Gasteiger partial charge in [0.2, 0.25) is 0 Å². The van der Waals surface area contributed by atoms with Gasteiger partial charge in [-0.2, -0.15) is 0 Å². The van der Waals surface area contributed by atoms with Gasteiger partial charge in [0.1, 0.15) is 0 Å². The topological polar surface area (TPSA) is 35.2 Å². The third kappa shape index (κ3) is 3.55. The number of ether oxygens (including phenoxy) is 1. The molecule has 2 heteroatoms. The van der Waals surface area contributed by atoms with E-state index in [-0.39, 0.29) is 0 Å². The van der Waals surface area contributed by atoms with Crippen molar-refractivity contribution in [2.24, 2.45) is 5.73 Å². The van der Waals surface area contributed by atoms with Crippen molar-refractivity contribution in [3.8, 4) is 0 Å². The number of rotatable bonds is 3. The molecule has 2 N–H and O–H groups in total. The normalized spacial score (nSPS) is 24.9. The quantitative estimate of drug-likeness (QED) is 0.870. The zero-order valence-corrected chi connectivity index (χ0v) is 10.9. The SMILES string of the molecule is Cc1ccc(COC2CCC(N)CC2)cc1C. The van der Waals surface area contributed by atoms with Crippen molar-refractivity contribution in [1.29, 1.82) is 0 Å². The van der Waals surface area contributed by atoms with Gasteiger partial charge < -0.3 is 10.5 Å². The van der Waals surface area contributed by atoms with Gasteiger partial charge in [-0.15, -0.1) is 0 Å². The number of aryl methyl sites for hydroxylation is 2. The van der Waals surface area contributed by atoms with Crippen molar-refractivity contribution in [2.75, 3.05) is 0 Å². The van der Waals surface area contributed by atoms with E-state index in [0.717, 1.165) is 32.3 Å². The van der Waals surface area contributed by atoms with E-state index >= 15 is 0 Å². The fourth-order valence-electron chi connectivity index (χ4n) is 2.36. The number of nitrogens with two attached hydrogens (primary N) is 1. The molecule has 2 nitrogen and oxygen atoms in total. The van der Waals surface area contributed by atoms with Gasteiger partial charge in [0.25, 0.3) is 0 Å². The van der Waals surface area contributed by atoms with Crippen molar-refractivity contribution in [2.45, 2.75) is 58.3 Å². The highest BCUT2D eigenvalue weighted by atomic mass is 16.5. The van der Waals surface area contributed by atoms with Crippen LogP contribution in [0.5, 0.6) is 0 Å². The second-order valence-corrected chi connectivity index (χ2v) is 5.27. The van der Waals surface area contributed by atoms with Crippen LogP contribution >= 0.6 is 0 Å². The highest BCUT2D eigenvalue weighted by molar-refractivity contribution is 5.29. The number of hydrogen-bond donors (Lipinski definition) is 1. The van der Waals surface area contributed by atoms with Gasteiger partial charge >= 0.3 is 0 Å². The van der Waals surface area contributed by atoms with E-state index in [4.69, 9.17) is 10.5 Å². The molecule has 0 amide bonds. The molecule has 0 aliphatic heterocycles. The largest absolute Gasteiger partial charge is 0.374 e. The molecular weight excluding hydrogens is 210 g/mol. The maximum absolute atomic E-state index is 5.96. The van der Waals surface area contributed by atoms with Gasteiger partial charge in [-0.05, 0) is 56.2 Å². The molecule has 1 fully saturated rings. The molecular formula is C15H23NO. The first-order valence-electron chi connectivity index (χ1n) is 6.58. The van der Waals surface area contributed by atoms with Gasteiger partial charge in [-0.25, -0.2) is 0 Å². The summed E-state index contributed by atoms with van der Waals surface area (Å²) >= 11 is 0. The van der Waals surface area contributed by atoms with E-state index in [9.17, 15) is 0 Å². The van der Waals surface area contributed by atoms with E-state index in [0.29, 0.717) is 12.1 Å². The molecule has 0 radical (unpaired) electrons. The third-order valence-electron chi connectivity index (χ3n) is 3.78. The predicted octanol–water partition coefficient (Wildman–Crippen LogP) is 3.09. The Morgan fingerprint density at radius 1 is 1.12 bits per heavy atom. The Morgan fingerprint density at radius 3 is 2.47 bits per heavy atom. The van der Waals surface area contributed by atoms with Crippen LogP contribution in [0.25, 0.3) is 0 Å². The summed E-state index contributed by atoms with van der Waals surface area (Å²) in [6, 6.07) is 6.96. The summed E-state index contributed by atoms with van der Waals surface area (Å²) in [5.41, 5.74) is 9.85. The van der Waals surface area contributed by atoms with Gasteiger partial charge in [-0.3, -0.25) is 0 Å². The highest BCUT2D eigenvalue weighted by Gasteiger charge is 2.18. The Morgan fingerprint density at radius 2 is 1.82 bits per heavy atom. The van der Waals surface area contributed by atoms with Crippen molar-refractivity contribution >= 4 is 0 Å². The van der Waals surface area contributed by atoms with Crippen LogP contribution in [-0.2, 0) is 11.3 Å². The van der Waals surface area contributed by atoms with Crippen molar-refractivity contribution < 1.29 is 4.74 Å². The zero-order chi connectivity index (χ0) is 12.3. The van der Waals surface area contributed by atoms with Crippen LogP contribution in [0.15, 0.2) is 18.2 Å². The molecule has 1 saturated carbocycles. The molecule has 0 heterocycles. The van der Waals surface area contributed by atoms with Gasteiger partial charge in [0.15, 0.2) is 0 Å². The zero-order valence-electron chi connectivity index (χ0n) is 10.9. The molecule has 0 saturated heterocycles. The van der Waals surface area contributed by atoms with Crippen LogP contribution in [0.1, 0.15) is 42.4 Å². The van der Waals surface area contributed by atoms with Crippen molar-refractivity contribution in [1.82, 2.24) is 0 Å². The molecule has 94 valence electrons. The Labute approximate surface area is 104 Å². The first-order chi connectivity index (χ1) is 8.15. The predicted molar refractivity (Wildman–Crippen MR) is 70.9 cm³/mol. The molecule has 0 unspecified atom stereocenters. The lowest BCUT2D eigenvalue weighted by molar-refractivity contribution is 0.0138. The average molecular weight is 233 g/mol. The van der Waals surface area contributed by atoms with Crippen LogP contribution in [0.2, 0.25) is 0 Å². The maximum atomic E-state index is 5.96. The third-order valence-corrected chi connectivity index (χ3v) is 3.78. The van der Waals surface area contributed by atoms with Gasteiger partial charge in [0, 0.05) is 6.04 Å². The van der Waals surface area contributed by atoms with Crippen LogP contribution in [0, 0.1) is 13.8 Å². The molecule has 2 rings (SSSR count). The minimum Gasteiger partial charge on any atom is -0.374 e. The van der Waals surface area contributed by atoms with Gasteiger partial charge in [-0.1, -0.05) is 18.2 Å². The van der Waals surface area contributed by atoms with E-state index in [1.165, 1.54) is 16.7 Å². The molecule has 0 bridgehead atoms. The standard InChI is InChI=1S/C15H23NO/c1-11-3-4-13(9-12(11)2)10-17-15-7-5-14(16)6-8-15/h3-4,9,14-15H,5-8,10,16H2,1-2H3. The average Bonchev–Trinajstić information content (AvgIpc) is 2.33. The van der Waals surface area contributed by atoms with Crippen LogP contribution in [0.3, 0.4) is 0 Å². The summed E-state index contributed by atoms with van der Waals surface area (Å²) in [5.74, 6) is 0.